The Balaban J connectivity index is 0.00000180. The smallest absolute Gasteiger partial charge is 0.353 e. The molecule has 2 rings (SSSR count). The van der Waals surface area contributed by atoms with Crippen LogP contribution in [0.1, 0.15) is 22.9 Å². The van der Waals surface area contributed by atoms with Crippen LogP contribution in [0.2, 0.25) is 0 Å². The van der Waals surface area contributed by atoms with Gasteiger partial charge >= 0.3 is 10.3 Å². The molecule has 2 aromatic rings. The summed E-state index contributed by atoms with van der Waals surface area (Å²) in [6.07, 6.45) is 4.14. The van der Waals surface area contributed by atoms with Gasteiger partial charge in [-0.25, -0.2) is 0 Å². The predicted octanol–water partition coefficient (Wildman–Crippen LogP) is -6.01. The fourth-order valence-electron chi connectivity index (χ4n) is 1.60. The van der Waals surface area contributed by atoms with E-state index in [1.807, 2.05) is 14.1 Å². The average Bonchev–Trinajstić information content (AvgIpc) is 2.79. The molecule has 114 valence electrons. The van der Waals surface area contributed by atoms with E-state index in [0.29, 0.717) is 0 Å². The molecule has 0 atom stereocenters. The monoisotopic (exact) mass is 540 g/mol. The third kappa shape index (κ3) is 5.52. The molecule has 0 amide bonds. The van der Waals surface area contributed by atoms with Gasteiger partial charge in [0.25, 0.3) is 0 Å². The maximum atomic E-state index is 5.75. The second-order valence-electron chi connectivity index (χ2n) is 4.12. The second kappa shape index (κ2) is 9.25. The van der Waals surface area contributed by atoms with E-state index in [0.717, 1.165) is 46.0 Å². The highest BCUT2D eigenvalue weighted by Gasteiger charge is 2.11. The van der Waals surface area contributed by atoms with Crippen molar-refractivity contribution in [1.82, 2.24) is 10.2 Å². The summed E-state index contributed by atoms with van der Waals surface area (Å²) in [5, 5.41) is 12.4. The third-order valence-electron chi connectivity index (χ3n) is 2.64. The molecule has 0 aromatic carbocycles. The van der Waals surface area contributed by atoms with Crippen LogP contribution in [0.3, 0.4) is 0 Å². The van der Waals surface area contributed by atoms with Crippen molar-refractivity contribution in [3.8, 4) is 0 Å². The number of nitrogens with zero attached hydrogens (tertiary/aromatic N) is 4. The predicted molar refractivity (Wildman–Crippen MR) is 72.0 cm³/mol. The molecule has 0 radical (unpaired) electrons. The zero-order valence-corrected chi connectivity index (χ0v) is 17.3. The van der Waals surface area contributed by atoms with Crippen LogP contribution in [0.4, 0.5) is 10.3 Å². The molecule has 4 N–H and O–H groups in total. The van der Waals surface area contributed by atoms with Crippen LogP contribution in [0.5, 0.6) is 0 Å². The van der Waals surface area contributed by atoms with E-state index in [9.17, 15) is 0 Å². The van der Waals surface area contributed by atoms with Crippen LogP contribution in [-0.4, -0.2) is 10.2 Å². The van der Waals surface area contributed by atoms with Crippen molar-refractivity contribution in [2.75, 3.05) is 11.5 Å². The van der Waals surface area contributed by atoms with E-state index in [1.165, 1.54) is 0 Å². The highest BCUT2D eigenvalue weighted by molar-refractivity contribution is 7.14. The summed E-state index contributed by atoms with van der Waals surface area (Å²) in [6, 6.07) is 0. The number of nitrogen functional groups attached to an aromatic ring is 2. The Morgan fingerprint density at radius 2 is 1.20 bits per heavy atom. The van der Waals surface area contributed by atoms with Crippen LogP contribution in [0, 0.1) is 0 Å². The number of rotatable bonds is 5. The Hall–Kier alpha value is 0.180. The maximum absolute atomic E-state index is 5.75. The van der Waals surface area contributed by atoms with Gasteiger partial charge in [-0.3, -0.25) is 11.5 Å². The van der Waals surface area contributed by atoms with Crippen molar-refractivity contribution in [1.29, 1.82) is 0 Å². The number of halogens is 2. The third-order valence-corrected chi connectivity index (χ3v) is 4.63. The lowest BCUT2D eigenvalue weighted by Gasteiger charge is -1.93. The molecule has 0 fully saturated rings. The molecule has 0 unspecified atom stereocenters. The van der Waals surface area contributed by atoms with Gasteiger partial charge in [0, 0.05) is 12.8 Å². The molecule has 10 heteroatoms. The van der Waals surface area contributed by atoms with Gasteiger partial charge in [0.2, 0.25) is 0 Å². The van der Waals surface area contributed by atoms with E-state index in [2.05, 4.69) is 10.2 Å². The summed E-state index contributed by atoms with van der Waals surface area (Å²) in [7, 11) is 3.74. The molecule has 0 aliphatic heterocycles. The van der Waals surface area contributed by atoms with Crippen LogP contribution < -0.4 is 68.8 Å². The lowest BCUT2D eigenvalue weighted by atomic mass is 10.2. The summed E-state index contributed by atoms with van der Waals surface area (Å²) in [6.45, 7) is 0. The molecule has 0 saturated heterocycles. The van der Waals surface area contributed by atoms with E-state index in [-0.39, 0.29) is 48.0 Å². The summed E-state index contributed by atoms with van der Waals surface area (Å²) < 4.78 is 3.45. The minimum absolute atomic E-state index is 0. The topological polar surface area (TPSA) is 85.6 Å². The van der Waals surface area contributed by atoms with Gasteiger partial charge in [-0.05, 0) is 35.5 Å². The summed E-state index contributed by atoms with van der Waals surface area (Å²) >= 11 is 3.12. The minimum atomic E-state index is 0. The Morgan fingerprint density at radius 3 is 1.45 bits per heavy atom. The Labute approximate surface area is 160 Å². The van der Waals surface area contributed by atoms with Gasteiger partial charge in [0.1, 0.15) is 24.1 Å². The fraction of sp³-hybridized carbons (Fsp3) is 0.600. The van der Waals surface area contributed by atoms with Gasteiger partial charge in [-0.1, -0.05) is 10.2 Å². The SMILES string of the molecule is C[n+]1nc(CCCCc2n[n+](C)c(N)s2)sc1N.[I-].[I-]. The largest absolute Gasteiger partial charge is 1.00 e. The summed E-state index contributed by atoms with van der Waals surface area (Å²) in [5.41, 5.74) is 11.5. The van der Waals surface area contributed by atoms with E-state index < -0.39 is 0 Å². The van der Waals surface area contributed by atoms with E-state index in [1.54, 1.807) is 32.0 Å². The average molecular weight is 540 g/mol. The quantitative estimate of drug-likeness (QED) is 0.225. The van der Waals surface area contributed by atoms with E-state index in [4.69, 9.17) is 11.5 Å². The first-order valence-electron chi connectivity index (χ1n) is 5.79. The molecule has 0 bridgehead atoms. The lowest BCUT2D eigenvalue weighted by molar-refractivity contribution is -0.712. The first-order chi connectivity index (χ1) is 8.56. The summed E-state index contributed by atoms with van der Waals surface area (Å²) in [4.78, 5) is 0. The number of nitrogens with two attached hydrogens (primary N) is 2. The van der Waals surface area contributed by atoms with Crippen molar-refractivity contribution < 1.29 is 57.3 Å². The Kier molecular flexibility index (Phi) is 9.33. The van der Waals surface area contributed by atoms with Crippen molar-refractivity contribution >= 4 is 32.9 Å². The molecule has 0 spiro atoms. The van der Waals surface area contributed by atoms with Crippen LogP contribution in [0.25, 0.3) is 0 Å². The minimum Gasteiger partial charge on any atom is -1.00 e. The molecule has 0 saturated carbocycles. The molecule has 0 aliphatic carbocycles. The highest BCUT2D eigenvalue weighted by Crippen LogP contribution is 2.15. The number of unbranched alkanes of at least 4 members (excludes halogenated alkanes) is 1. The van der Waals surface area contributed by atoms with Gasteiger partial charge in [-0.15, -0.1) is 9.36 Å². The molecule has 2 aromatic heterocycles. The zero-order valence-electron chi connectivity index (χ0n) is 11.3. The van der Waals surface area contributed by atoms with Gasteiger partial charge in [-0.2, -0.15) is 0 Å². The normalized spacial score (nSPS) is 9.90. The Morgan fingerprint density at radius 1 is 0.850 bits per heavy atom. The number of aryl methyl sites for hydroxylation is 4. The first-order valence-corrected chi connectivity index (χ1v) is 7.42. The highest BCUT2D eigenvalue weighted by atomic mass is 127. The molecule has 2 heterocycles. The zero-order chi connectivity index (χ0) is 13.1. The van der Waals surface area contributed by atoms with Gasteiger partial charge in [0.05, 0.1) is 0 Å². The van der Waals surface area contributed by atoms with Crippen molar-refractivity contribution in [2.45, 2.75) is 25.7 Å². The molecule has 20 heavy (non-hydrogen) atoms. The molecule has 0 aliphatic rings. The Bertz CT molecular complexity index is 455. The van der Waals surface area contributed by atoms with Crippen molar-refractivity contribution in [3.05, 3.63) is 10.0 Å². The van der Waals surface area contributed by atoms with Crippen LogP contribution in [-0.2, 0) is 26.9 Å². The molecular formula is C10H18I2N6S2. The van der Waals surface area contributed by atoms with Crippen molar-refractivity contribution in [3.63, 3.8) is 0 Å². The number of hydrogen-bond donors (Lipinski definition) is 2. The van der Waals surface area contributed by atoms with Gasteiger partial charge in [0.15, 0.2) is 0 Å². The van der Waals surface area contributed by atoms with Crippen LogP contribution in [0.15, 0.2) is 0 Å². The van der Waals surface area contributed by atoms with E-state index >= 15 is 0 Å². The number of aromatic nitrogens is 4. The maximum Gasteiger partial charge on any atom is 0.353 e. The number of hydrogen-bond acceptors (Lipinski definition) is 6. The first kappa shape index (κ1) is 20.2. The fourth-order valence-corrected chi connectivity index (χ4v) is 3.25. The van der Waals surface area contributed by atoms with Crippen LogP contribution >= 0.6 is 22.7 Å². The van der Waals surface area contributed by atoms with Gasteiger partial charge < -0.3 is 48.0 Å². The molecule has 6 nitrogen and oxygen atoms in total. The summed E-state index contributed by atoms with van der Waals surface area (Å²) in [5.74, 6) is 0. The van der Waals surface area contributed by atoms with Crippen molar-refractivity contribution in [2.24, 2.45) is 14.1 Å². The lowest BCUT2D eigenvalue weighted by Crippen LogP contribution is -3.00. The second-order valence-corrected chi connectivity index (χ2v) is 6.31. The standard InChI is InChI=1S/C10H16N6S2.2HI/c1-15-9(11)17-7(13-15)5-3-4-6-8-14-16(2)10(12)18-8;;/h11-12H,3-6H2,1-2H3;2*1H. The molecular weight excluding hydrogens is 522 g/mol. The number of anilines is 2.